The Labute approximate surface area is 97.5 Å². The van der Waals surface area contributed by atoms with E-state index in [0.717, 1.165) is 32.1 Å². The first kappa shape index (κ1) is 12.9. The van der Waals surface area contributed by atoms with E-state index in [1.165, 1.54) is 11.0 Å². The number of rotatable bonds is 6. The summed E-state index contributed by atoms with van der Waals surface area (Å²) in [4.78, 5) is 25.0. The van der Waals surface area contributed by atoms with Crippen molar-refractivity contribution in [1.29, 1.82) is 0 Å². The van der Waals surface area contributed by atoms with E-state index in [1.54, 1.807) is 6.92 Å². The van der Waals surface area contributed by atoms with Gasteiger partial charge in [-0.2, -0.15) is 0 Å². The molecular formula is C13H21NO2. The predicted molar refractivity (Wildman–Crippen MR) is 63.8 cm³/mol. The van der Waals surface area contributed by atoms with E-state index in [0.29, 0.717) is 5.57 Å². The van der Waals surface area contributed by atoms with Gasteiger partial charge in [-0.3, -0.25) is 14.5 Å². The fourth-order valence-corrected chi connectivity index (χ4v) is 2.13. The second-order valence-electron chi connectivity index (χ2n) is 4.43. The van der Waals surface area contributed by atoms with Gasteiger partial charge in [0, 0.05) is 17.7 Å². The number of carbonyl (C=O) groups excluding carboxylic acids is 2. The molecule has 0 bridgehead atoms. The van der Waals surface area contributed by atoms with Crippen LogP contribution in [0.25, 0.3) is 0 Å². The Bertz CT molecular complexity index is 307. The number of amides is 2. The lowest BCUT2D eigenvalue weighted by Gasteiger charge is -2.26. The van der Waals surface area contributed by atoms with Crippen molar-refractivity contribution in [3.63, 3.8) is 0 Å². The molecule has 1 unspecified atom stereocenters. The fourth-order valence-electron chi connectivity index (χ4n) is 2.13. The zero-order valence-electron chi connectivity index (χ0n) is 10.5. The summed E-state index contributed by atoms with van der Waals surface area (Å²) >= 11 is 0. The first-order valence-electron chi connectivity index (χ1n) is 6.17. The molecule has 3 heteroatoms. The zero-order chi connectivity index (χ0) is 12.1. The molecule has 0 spiro atoms. The monoisotopic (exact) mass is 223 g/mol. The van der Waals surface area contributed by atoms with Crippen LogP contribution in [0.1, 0.15) is 52.9 Å². The van der Waals surface area contributed by atoms with Gasteiger partial charge in [0.25, 0.3) is 11.8 Å². The summed E-state index contributed by atoms with van der Waals surface area (Å²) < 4.78 is 0. The Balaban J connectivity index is 2.71. The molecule has 0 fully saturated rings. The molecule has 0 saturated heterocycles. The molecule has 0 N–H and O–H groups in total. The van der Waals surface area contributed by atoms with Gasteiger partial charge < -0.3 is 0 Å². The number of imide groups is 1. The van der Waals surface area contributed by atoms with Crippen LogP contribution in [0.15, 0.2) is 11.6 Å². The maximum absolute atomic E-state index is 11.8. The number of carbonyl (C=O) groups is 2. The van der Waals surface area contributed by atoms with Crippen molar-refractivity contribution in [3.8, 4) is 0 Å². The van der Waals surface area contributed by atoms with Crippen LogP contribution in [0, 0.1) is 0 Å². The maximum atomic E-state index is 11.8. The molecule has 3 nitrogen and oxygen atoms in total. The Hall–Kier alpha value is -1.12. The third-order valence-corrected chi connectivity index (χ3v) is 3.01. The van der Waals surface area contributed by atoms with Gasteiger partial charge in [-0.05, 0) is 19.8 Å². The third kappa shape index (κ3) is 2.71. The molecule has 90 valence electrons. The van der Waals surface area contributed by atoms with Crippen LogP contribution in [0.4, 0.5) is 0 Å². The molecule has 1 aliphatic rings. The number of hydrogen-bond donors (Lipinski definition) is 0. The second-order valence-corrected chi connectivity index (χ2v) is 4.43. The van der Waals surface area contributed by atoms with E-state index in [-0.39, 0.29) is 17.9 Å². The molecule has 0 saturated carbocycles. The first-order chi connectivity index (χ1) is 7.61. The Kier molecular flexibility index (Phi) is 4.71. The molecule has 1 atom stereocenters. The summed E-state index contributed by atoms with van der Waals surface area (Å²) in [7, 11) is 0. The van der Waals surface area contributed by atoms with E-state index in [9.17, 15) is 9.59 Å². The van der Waals surface area contributed by atoms with Gasteiger partial charge >= 0.3 is 0 Å². The lowest BCUT2D eigenvalue weighted by molar-refractivity contribution is -0.140. The SMILES string of the molecule is CCCCC(CCC)N1C(=O)C=C(C)C1=O. The van der Waals surface area contributed by atoms with Crippen LogP contribution in [0.2, 0.25) is 0 Å². The van der Waals surface area contributed by atoms with Crippen LogP contribution in [-0.2, 0) is 9.59 Å². The standard InChI is InChI=1S/C13H21NO2/c1-4-6-8-11(7-5-2)14-12(15)9-10(3)13(14)16/h9,11H,4-8H2,1-3H3. The van der Waals surface area contributed by atoms with Crippen molar-refractivity contribution >= 4 is 11.8 Å². The highest BCUT2D eigenvalue weighted by Crippen LogP contribution is 2.21. The quantitative estimate of drug-likeness (QED) is 0.649. The van der Waals surface area contributed by atoms with Crippen molar-refractivity contribution in [2.75, 3.05) is 0 Å². The highest BCUT2D eigenvalue weighted by atomic mass is 16.2. The van der Waals surface area contributed by atoms with Gasteiger partial charge in [-0.25, -0.2) is 0 Å². The molecular weight excluding hydrogens is 202 g/mol. The van der Waals surface area contributed by atoms with Crippen molar-refractivity contribution in [1.82, 2.24) is 4.90 Å². The van der Waals surface area contributed by atoms with E-state index in [4.69, 9.17) is 0 Å². The van der Waals surface area contributed by atoms with Crippen molar-refractivity contribution in [2.45, 2.75) is 58.9 Å². The molecule has 0 radical (unpaired) electrons. The largest absolute Gasteiger partial charge is 0.272 e. The van der Waals surface area contributed by atoms with E-state index in [1.807, 2.05) is 0 Å². The van der Waals surface area contributed by atoms with Crippen LogP contribution in [-0.4, -0.2) is 22.8 Å². The highest BCUT2D eigenvalue weighted by molar-refractivity contribution is 6.16. The van der Waals surface area contributed by atoms with Gasteiger partial charge in [-0.1, -0.05) is 33.1 Å². The smallest absolute Gasteiger partial charge is 0.256 e. The summed E-state index contributed by atoms with van der Waals surface area (Å²) in [5.41, 5.74) is 0.572. The van der Waals surface area contributed by atoms with Gasteiger partial charge in [0.15, 0.2) is 0 Å². The molecule has 2 amide bonds. The van der Waals surface area contributed by atoms with E-state index >= 15 is 0 Å². The molecule has 0 aromatic heterocycles. The van der Waals surface area contributed by atoms with Gasteiger partial charge in [0.2, 0.25) is 0 Å². The average molecular weight is 223 g/mol. The second kappa shape index (κ2) is 5.83. The number of unbranched alkanes of at least 4 members (excludes halogenated alkanes) is 1. The number of hydrogen-bond acceptors (Lipinski definition) is 2. The Morgan fingerprint density at radius 3 is 2.31 bits per heavy atom. The molecule has 16 heavy (non-hydrogen) atoms. The van der Waals surface area contributed by atoms with E-state index < -0.39 is 0 Å². The van der Waals surface area contributed by atoms with E-state index in [2.05, 4.69) is 13.8 Å². The lowest BCUT2D eigenvalue weighted by Crippen LogP contribution is -2.40. The third-order valence-electron chi connectivity index (χ3n) is 3.01. The van der Waals surface area contributed by atoms with Crippen molar-refractivity contribution < 1.29 is 9.59 Å². The minimum Gasteiger partial charge on any atom is -0.272 e. The van der Waals surface area contributed by atoms with Gasteiger partial charge in [0.1, 0.15) is 0 Å². The summed E-state index contributed by atoms with van der Waals surface area (Å²) in [6.07, 6.45) is 6.48. The van der Waals surface area contributed by atoms with Gasteiger partial charge in [0.05, 0.1) is 0 Å². The lowest BCUT2D eigenvalue weighted by atomic mass is 10.0. The topological polar surface area (TPSA) is 37.4 Å². The molecule has 0 aromatic carbocycles. The molecule has 0 aliphatic carbocycles. The van der Waals surface area contributed by atoms with Crippen molar-refractivity contribution in [3.05, 3.63) is 11.6 Å². The average Bonchev–Trinajstić information content (AvgIpc) is 2.49. The van der Waals surface area contributed by atoms with Crippen LogP contribution in [0.5, 0.6) is 0 Å². The number of nitrogens with zero attached hydrogens (tertiary/aromatic N) is 1. The minimum absolute atomic E-state index is 0.0960. The fraction of sp³-hybridized carbons (Fsp3) is 0.692. The normalized spacial score (nSPS) is 17.9. The molecule has 0 aromatic rings. The van der Waals surface area contributed by atoms with Crippen LogP contribution < -0.4 is 0 Å². The highest BCUT2D eigenvalue weighted by Gasteiger charge is 2.33. The van der Waals surface area contributed by atoms with Gasteiger partial charge in [-0.15, -0.1) is 0 Å². The molecule has 1 rings (SSSR count). The Morgan fingerprint density at radius 1 is 1.19 bits per heavy atom. The first-order valence-corrected chi connectivity index (χ1v) is 6.17. The molecule has 1 aliphatic heterocycles. The molecule has 1 heterocycles. The van der Waals surface area contributed by atoms with Crippen LogP contribution >= 0.6 is 0 Å². The maximum Gasteiger partial charge on any atom is 0.256 e. The summed E-state index contributed by atoms with van der Waals surface area (Å²) in [5.74, 6) is -0.225. The van der Waals surface area contributed by atoms with Crippen molar-refractivity contribution in [2.24, 2.45) is 0 Å². The predicted octanol–water partition coefficient (Wildman–Crippen LogP) is 2.66. The van der Waals surface area contributed by atoms with Crippen LogP contribution in [0.3, 0.4) is 0 Å². The minimum atomic E-state index is -0.128. The summed E-state index contributed by atoms with van der Waals surface area (Å²) in [6.45, 7) is 5.92. The Morgan fingerprint density at radius 2 is 1.88 bits per heavy atom. The summed E-state index contributed by atoms with van der Waals surface area (Å²) in [6, 6.07) is 0.0960. The summed E-state index contributed by atoms with van der Waals surface area (Å²) in [5, 5.41) is 0. The zero-order valence-corrected chi connectivity index (χ0v) is 10.5.